The Labute approximate surface area is 172 Å². The second-order valence-electron chi connectivity index (χ2n) is 8.15. The van der Waals surface area contributed by atoms with Gasteiger partial charge in [-0.1, -0.05) is 23.7 Å². The fourth-order valence-electron chi connectivity index (χ4n) is 4.46. The van der Waals surface area contributed by atoms with E-state index in [0.29, 0.717) is 18.2 Å². The normalized spacial score (nSPS) is 20.6. The molecule has 0 radical (unpaired) electrons. The zero-order valence-corrected chi connectivity index (χ0v) is 17.2. The van der Waals surface area contributed by atoms with Gasteiger partial charge in [0.05, 0.1) is 6.54 Å². The molecule has 150 valence electrons. The lowest BCUT2D eigenvalue weighted by Crippen LogP contribution is -2.35. The number of hydrogen-bond acceptors (Lipinski definition) is 3. The van der Waals surface area contributed by atoms with Crippen LogP contribution in [-0.2, 0) is 11.3 Å². The van der Waals surface area contributed by atoms with E-state index < -0.39 is 0 Å². The molecule has 4 rings (SSSR count). The van der Waals surface area contributed by atoms with Gasteiger partial charge in [0, 0.05) is 36.6 Å². The first kappa shape index (κ1) is 19.5. The van der Waals surface area contributed by atoms with E-state index in [0.717, 1.165) is 61.3 Å². The van der Waals surface area contributed by atoms with Crippen molar-refractivity contribution in [1.82, 2.24) is 9.80 Å². The molecule has 0 aliphatic carbocycles. The number of piperidine rings is 1. The van der Waals surface area contributed by atoms with Crippen LogP contribution in [0.5, 0.6) is 0 Å². The minimum Gasteiger partial charge on any atom is -0.460 e. The summed E-state index contributed by atoms with van der Waals surface area (Å²) in [7, 11) is 0. The van der Waals surface area contributed by atoms with Gasteiger partial charge in [-0.15, -0.1) is 0 Å². The van der Waals surface area contributed by atoms with E-state index in [2.05, 4.69) is 11.0 Å². The van der Waals surface area contributed by atoms with Gasteiger partial charge in [0.2, 0.25) is 5.91 Å². The molecule has 0 unspecified atom stereocenters. The molecule has 2 aliphatic heterocycles. The van der Waals surface area contributed by atoms with Crippen molar-refractivity contribution in [2.24, 2.45) is 5.92 Å². The van der Waals surface area contributed by atoms with Crippen LogP contribution >= 0.6 is 11.6 Å². The summed E-state index contributed by atoms with van der Waals surface area (Å²) in [6.07, 6.45) is 6.49. The monoisotopic (exact) mass is 400 g/mol. The molecular weight excluding hydrogens is 372 g/mol. The molecule has 28 heavy (non-hydrogen) atoms. The zero-order valence-electron chi connectivity index (χ0n) is 16.4. The van der Waals surface area contributed by atoms with Crippen molar-refractivity contribution in [1.29, 1.82) is 0 Å². The molecule has 2 saturated heterocycles. The first-order valence-electron chi connectivity index (χ1n) is 10.5. The standard InChI is InChI=1S/C23H29ClN2O2/c24-20-7-3-6-19(15-20)22-10-9-21(28-22)17-25-12-4-5-18(16-25)8-11-23(27)26-13-1-2-14-26/h3,6-7,9-10,15,18H,1-2,4-5,8,11-14,16-17H2/t18-/m0/s1. The lowest BCUT2D eigenvalue weighted by molar-refractivity contribution is -0.130. The van der Waals surface area contributed by atoms with E-state index >= 15 is 0 Å². The van der Waals surface area contributed by atoms with Gasteiger partial charge in [0.15, 0.2) is 0 Å². The molecule has 4 nitrogen and oxygen atoms in total. The number of likely N-dealkylation sites (tertiary alicyclic amines) is 2. The van der Waals surface area contributed by atoms with Gasteiger partial charge in [0.25, 0.3) is 0 Å². The van der Waals surface area contributed by atoms with E-state index in [4.69, 9.17) is 16.0 Å². The van der Waals surface area contributed by atoms with Crippen molar-refractivity contribution in [3.05, 3.63) is 47.2 Å². The van der Waals surface area contributed by atoms with Gasteiger partial charge >= 0.3 is 0 Å². The highest BCUT2D eigenvalue weighted by Gasteiger charge is 2.23. The lowest BCUT2D eigenvalue weighted by Gasteiger charge is -2.32. The van der Waals surface area contributed by atoms with Gasteiger partial charge in [0.1, 0.15) is 11.5 Å². The highest BCUT2D eigenvalue weighted by Crippen LogP contribution is 2.27. The van der Waals surface area contributed by atoms with Crippen LogP contribution < -0.4 is 0 Å². The van der Waals surface area contributed by atoms with E-state index in [1.165, 1.54) is 25.7 Å². The Bertz CT molecular complexity index is 797. The van der Waals surface area contributed by atoms with E-state index in [-0.39, 0.29) is 0 Å². The summed E-state index contributed by atoms with van der Waals surface area (Å²) < 4.78 is 6.07. The Hall–Kier alpha value is -1.78. The van der Waals surface area contributed by atoms with E-state index in [1.54, 1.807) is 0 Å². The molecule has 0 N–H and O–H groups in total. The van der Waals surface area contributed by atoms with E-state index in [9.17, 15) is 4.79 Å². The summed E-state index contributed by atoms with van der Waals surface area (Å²) in [5.41, 5.74) is 1.01. The average Bonchev–Trinajstić information content (AvgIpc) is 3.39. The molecule has 1 aromatic carbocycles. The summed E-state index contributed by atoms with van der Waals surface area (Å²) in [5, 5.41) is 0.720. The van der Waals surface area contributed by atoms with Crippen LogP contribution in [0.1, 0.15) is 44.3 Å². The number of benzene rings is 1. The van der Waals surface area contributed by atoms with Gasteiger partial charge in [-0.25, -0.2) is 0 Å². The summed E-state index contributed by atoms with van der Waals surface area (Å²) in [5.74, 6) is 2.82. The number of hydrogen-bond donors (Lipinski definition) is 0. The zero-order chi connectivity index (χ0) is 19.3. The van der Waals surface area contributed by atoms with Crippen molar-refractivity contribution in [2.45, 2.75) is 45.1 Å². The first-order chi connectivity index (χ1) is 13.7. The van der Waals surface area contributed by atoms with Crippen molar-refractivity contribution in [3.63, 3.8) is 0 Å². The number of furan rings is 1. The maximum Gasteiger partial charge on any atom is 0.222 e. The number of rotatable bonds is 6. The van der Waals surface area contributed by atoms with Crippen LogP contribution in [-0.4, -0.2) is 41.9 Å². The third-order valence-corrected chi connectivity index (χ3v) is 6.21. The summed E-state index contributed by atoms with van der Waals surface area (Å²) >= 11 is 6.09. The smallest absolute Gasteiger partial charge is 0.222 e. The van der Waals surface area contributed by atoms with Crippen molar-refractivity contribution < 1.29 is 9.21 Å². The Kier molecular flexibility index (Phi) is 6.38. The molecule has 0 spiro atoms. The van der Waals surface area contributed by atoms with Crippen LogP contribution in [0.2, 0.25) is 5.02 Å². The molecule has 2 aromatic rings. The lowest BCUT2D eigenvalue weighted by atomic mass is 9.93. The van der Waals surface area contributed by atoms with Gasteiger partial charge < -0.3 is 9.32 Å². The van der Waals surface area contributed by atoms with Crippen LogP contribution in [0, 0.1) is 5.92 Å². The minimum atomic E-state index is 0.354. The first-order valence-corrected chi connectivity index (χ1v) is 10.9. The Morgan fingerprint density at radius 1 is 1.11 bits per heavy atom. The quantitative estimate of drug-likeness (QED) is 0.667. The third-order valence-electron chi connectivity index (χ3n) is 5.98. The molecule has 1 amide bonds. The van der Waals surface area contributed by atoms with Crippen molar-refractivity contribution in [3.8, 4) is 11.3 Å². The van der Waals surface area contributed by atoms with E-state index in [1.807, 2.05) is 35.2 Å². The molecule has 0 bridgehead atoms. The number of amides is 1. The maximum atomic E-state index is 12.3. The van der Waals surface area contributed by atoms with Crippen molar-refractivity contribution >= 4 is 17.5 Å². The summed E-state index contributed by atoms with van der Waals surface area (Å²) in [6, 6.07) is 11.9. The number of carbonyl (C=O) groups excluding carboxylic acids is 1. The predicted molar refractivity (Wildman–Crippen MR) is 112 cm³/mol. The third kappa shape index (κ3) is 4.98. The molecular formula is C23H29ClN2O2. The average molecular weight is 401 g/mol. The number of nitrogens with zero attached hydrogens (tertiary/aromatic N) is 2. The van der Waals surface area contributed by atoms with Gasteiger partial charge in [-0.05, 0) is 68.8 Å². The Morgan fingerprint density at radius 2 is 1.96 bits per heavy atom. The number of halogens is 1. The maximum absolute atomic E-state index is 12.3. The van der Waals surface area contributed by atoms with Crippen LogP contribution in [0.25, 0.3) is 11.3 Å². The molecule has 5 heteroatoms. The van der Waals surface area contributed by atoms with Gasteiger partial charge in [-0.3, -0.25) is 9.69 Å². The van der Waals surface area contributed by atoms with Gasteiger partial charge in [-0.2, -0.15) is 0 Å². The van der Waals surface area contributed by atoms with Crippen LogP contribution in [0.15, 0.2) is 40.8 Å². The second kappa shape index (κ2) is 9.15. The summed E-state index contributed by atoms with van der Waals surface area (Å²) in [6.45, 7) is 4.91. The largest absolute Gasteiger partial charge is 0.460 e. The minimum absolute atomic E-state index is 0.354. The Morgan fingerprint density at radius 3 is 2.79 bits per heavy atom. The predicted octanol–water partition coefficient (Wildman–Crippen LogP) is 5.21. The fourth-order valence-corrected chi connectivity index (χ4v) is 4.65. The molecule has 0 saturated carbocycles. The molecule has 3 heterocycles. The van der Waals surface area contributed by atoms with Crippen LogP contribution in [0.4, 0.5) is 0 Å². The fraction of sp³-hybridized carbons (Fsp3) is 0.522. The number of carbonyl (C=O) groups is 1. The second-order valence-corrected chi connectivity index (χ2v) is 8.58. The molecule has 2 fully saturated rings. The topological polar surface area (TPSA) is 36.7 Å². The molecule has 1 atom stereocenters. The molecule has 1 aromatic heterocycles. The highest BCUT2D eigenvalue weighted by atomic mass is 35.5. The Balaban J connectivity index is 1.28. The van der Waals surface area contributed by atoms with Crippen molar-refractivity contribution in [2.75, 3.05) is 26.2 Å². The van der Waals surface area contributed by atoms with Crippen LogP contribution in [0.3, 0.4) is 0 Å². The molecule has 2 aliphatic rings. The highest BCUT2D eigenvalue weighted by molar-refractivity contribution is 6.30. The summed E-state index contributed by atoms with van der Waals surface area (Å²) in [4.78, 5) is 16.8. The SMILES string of the molecule is O=C(CC[C@@H]1CCCN(Cc2ccc(-c3cccc(Cl)c3)o2)C1)N1CCCC1.